The van der Waals surface area contributed by atoms with Gasteiger partial charge < -0.3 is 4.79 Å². The Hall–Kier alpha value is -0.850. The molecule has 16 heavy (non-hydrogen) atoms. The molecule has 1 heteroatoms. The highest BCUT2D eigenvalue weighted by molar-refractivity contribution is 5.51. The van der Waals surface area contributed by atoms with Gasteiger partial charge in [0.05, 0.1) is 0 Å². The van der Waals surface area contributed by atoms with Gasteiger partial charge in [-0.05, 0) is 58.8 Å². The number of aldehydes is 1. The largest absolute Gasteiger partial charge is 0.303 e. The van der Waals surface area contributed by atoms with Crippen molar-refractivity contribution < 1.29 is 4.79 Å². The third-order valence-electron chi connectivity index (χ3n) is 3.86. The van der Waals surface area contributed by atoms with E-state index in [1.807, 2.05) is 0 Å². The molecule has 1 rings (SSSR count). The first-order chi connectivity index (χ1) is 7.49. The summed E-state index contributed by atoms with van der Waals surface area (Å²) in [6.45, 7) is 8.70. The zero-order valence-corrected chi connectivity index (χ0v) is 11.1. The average Bonchev–Trinajstić information content (AvgIpc) is 2.22. The lowest BCUT2D eigenvalue weighted by atomic mass is 9.68. The van der Waals surface area contributed by atoms with Gasteiger partial charge in [-0.3, -0.25) is 0 Å². The summed E-state index contributed by atoms with van der Waals surface area (Å²) in [5.41, 5.74) is 4.59. The van der Waals surface area contributed by atoms with Crippen LogP contribution in [0.4, 0.5) is 0 Å². The molecular formula is C15H24O. The van der Waals surface area contributed by atoms with Crippen molar-refractivity contribution >= 4 is 6.29 Å². The highest BCUT2D eigenvalue weighted by Crippen LogP contribution is 2.44. The van der Waals surface area contributed by atoms with E-state index < -0.39 is 0 Å². The molecule has 90 valence electrons. The number of hydrogen-bond acceptors (Lipinski definition) is 1. The third-order valence-corrected chi connectivity index (χ3v) is 3.86. The Morgan fingerprint density at radius 1 is 1.25 bits per heavy atom. The van der Waals surface area contributed by atoms with E-state index in [4.69, 9.17) is 0 Å². The lowest BCUT2D eigenvalue weighted by molar-refractivity contribution is -0.110. The first kappa shape index (κ1) is 13.2. The van der Waals surface area contributed by atoms with Crippen molar-refractivity contribution in [2.24, 2.45) is 5.41 Å². The third kappa shape index (κ3) is 3.33. The molecule has 0 heterocycles. The molecule has 0 N–H and O–H groups in total. The molecule has 0 aromatic carbocycles. The molecule has 0 amide bonds. The molecule has 0 bridgehead atoms. The summed E-state index contributed by atoms with van der Waals surface area (Å²) >= 11 is 0. The minimum Gasteiger partial charge on any atom is -0.303 e. The van der Waals surface area contributed by atoms with E-state index in [1.165, 1.54) is 23.1 Å². The van der Waals surface area contributed by atoms with Crippen LogP contribution in [0.15, 0.2) is 22.8 Å². The van der Waals surface area contributed by atoms with E-state index in [0.717, 1.165) is 25.5 Å². The zero-order valence-electron chi connectivity index (χ0n) is 11.1. The fourth-order valence-electron chi connectivity index (χ4n) is 2.50. The van der Waals surface area contributed by atoms with Crippen LogP contribution in [0.5, 0.6) is 0 Å². The molecule has 0 aromatic rings. The summed E-state index contributed by atoms with van der Waals surface area (Å²) in [6, 6.07) is 0. The molecule has 0 saturated heterocycles. The lowest BCUT2D eigenvalue weighted by Gasteiger charge is -2.36. The minimum atomic E-state index is 0.211. The van der Waals surface area contributed by atoms with Crippen LogP contribution in [0.25, 0.3) is 0 Å². The Balaban J connectivity index is 2.83. The number of allylic oxidation sites excluding steroid dienone is 4. The number of hydrogen-bond donors (Lipinski definition) is 0. The molecule has 0 aromatic heterocycles. The van der Waals surface area contributed by atoms with Gasteiger partial charge in [0.1, 0.15) is 6.29 Å². The van der Waals surface area contributed by atoms with E-state index in [9.17, 15) is 4.79 Å². The van der Waals surface area contributed by atoms with Crippen molar-refractivity contribution in [2.75, 3.05) is 0 Å². The molecule has 0 fully saturated rings. The second kappa shape index (κ2) is 5.47. The smallest absolute Gasteiger partial charge is 0.120 e. The summed E-state index contributed by atoms with van der Waals surface area (Å²) in [6.07, 6.45) is 8.58. The van der Waals surface area contributed by atoms with Crippen LogP contribution in [-0.4, -0.2) is 6.29 Å². The van der Waals surface area contributed by atoms with Crippen molar-refractivity contribution in [1.82, 2.24) is 0 Å². The van der Waals surface area contributed by atoms with E-state index >= 15 is 0 Å². The van der Waals surface area contributed by atoms with Gasteiger partial charge in [0.25, 0.3) is 0 Å². The Labute approximate surface area is 99.6 Å². The normalized spacial score (nSPS) is 25.5. The van der Waals surface area contributed by atoms with E-state index in [-0.39, 0.29) is 5.41 Å². The summed E-state index contributed by atoms with van der Waals surface area (Å²) in [5.74, 6) is 0. The van der Waals surface area contributed by atoms with Crippen LogP contribution in [-0.2, 0) is 4.79 Å². The zero-order chi connectivity index (χ0) is 12.2. The summed E-state index contributed by atoms with van der Waals surface area (Å²) in [7, 11) is 0. The van der Waals surface area contributed by atoms with Crippen molar-refractivity contribution in [1.29, 1.82) is 0 Å². The maximum atomic E-state index is 10.9. The van der Waals surface area contributed by atoms with Crippen LogP contribution in [0.1, 0.15) is 59.8 Å². The second-order valence-corrected chi connectivity index (χ2v) is 5.59. The Kier molecular flexibility index (Phi) is 4.52. The van der Waals surface area contributed by atoms with Gasteiger partial charge in [-0.1, -0.05) is 22.8 Å². The highest BCUT2D eigenvalue weighted by Gasteiger charge is 2.32. The van der Waals surface area contributed by atoms with Crippen molar-refractivity contribution in [2.45, 2.75) is 59.8 Å². The molecule has 0 aliphatic heterocycles. The lowest BCUT2D eigenvalue weighted by Crippen LogP contribution is -2.25. The number of carbonyl (C=O) groups is 1. The topological polar surface area (TPSA) is 17.1 Å². The van der Waals surface area contributed by atoms with E-state index in [2.05, 4.69) is 33.8 Å². The van der Waals surface area contributed by atoms with Gasteiger partial charge in [-0.2, -0.15) is 0 Å². The maximum Gasteiger partial charge on any atom is 0.120 e. The van der Waals surface area contributed by atoms with Crippen LogP contribution in [0, 0.1) is 5.41 Å². The van der Waals surface area contributed by atoms with E-state index in [1.54, 1.807) is 0 Å². The SMILES string of the molecule is CC(C)=CC[C@]1(CC=O)CCC(C)=C(C)C1. The van der Waals surface area contributed by atoms with Crippen LogP contribution in [0.3, 0.4) is 0 Å². The predicted molar refractivity (Wildman–Crippen MR) is 69.4 cm³/mol. The van der Waals surface area contributed by atoms with Gasteiger partial charge in [0, 0.05) is 6.42 Å². The molecule has 1 aliphatic carbocycles. The van der Waals surface area contributed by atoms with Gasteiger partial charge in [0.2, 0.25) is 0 Å². The first-order valence-corrected chi connectivity index (χ1v) is 6.21. The highest BCUT2D eigenvalue weighted by atomic mass is 16.1. The molecule has 1 nitrogen and oxygen atoms in total. The van der Waals surface area contributed by atoms with Gasteiger partial charge >= 0.3 is 0 Å². The van der Waals surface area contributed by atoms with Crippen LogP contribution < -0.4 is 0 Å². The van der Waals surface area contributed by atoms with Crippen molar-refractivity contribution in [3.8, 4) is 0 Å². The Bertz CT molecular complexity index is 318. The second-order valence-electron chi connectivity index (χ2n) is 5.59. The minimum absolute atomic E-state index is 0.211. The molecule has 0 unspecified atom stereocenters. The summed E-state index contributed by atoms with van der Waals surface area (Å²) in [5, 5.41) is 0. The van der Waals surface area contributed by atoms with Crippen LogP contribution >= 0.6 is 0 Å². The molecule has 0 spiro atoms. The predicted octanol–water partition coefficient (Wildman–Crippen LogP) is 4.44. The molecule has 1 aliphatic rings. The van der Waals surface area contributed by atoms with Crippen molar-refractivity contribution in [3.05, 3.63) is 22.8 Å². The molecule has 0 saturated carbocycles. The average molecular weight is 220 g/mol. The van der Waals surface area contributed by atoms with Crippen LogP contribution in [0.2, 0.25) is 0 Å². The first-order valence-electron chi connectivity index (χ1n) is 6.21. The molecule has 1 atom stereocenters. The monoisotopic (exact) mass is 220 g/mol. The standard InChI is InChI=1S/C15H24O/c1-12(2)5-7-15(9-10-16)8-6-13(3)14(4)11-15/h5,10H,6-9,11H2,1-4H3/t15-/m1/s1. The Morgan fingerprint density at radius 2 is 1.94 bits per heavy atom. The maximum absolute atomic E-state index is 10.9. The summed E-state index contributed by atoms with van der Waals surface area (Å²) < 4.78 is 0. The molecule has 0 radical (unpaired) electrons. The number of rotatable bonds is 4. The fraction of sp³-hybridized carbons (Fsp3) is 0.667. The van der Waals surface area contributed by atoms with Gasteiger partial charge in [-0.25, -0.2) is 0 Å². The van der Waals surface area contributed by atoms with Gasteiger partial charge in [0.15, 0.2) is 0 Å². The number of carbonyl (C=O) groups excluding carboxylic acids is 1. The Morgan fingerprint density at radius 3 is 2.44 bits per heavy atom. The fourth-order valence-corrected chi connectivity index (χ4v) is 2.50. The van der Waals surface area contributed by atoms with E-state index in [0.29, 0.717) is 6.42 Å². The summed E-state index contributed by atoms with van der Waals surface area (Å²) in [4.78, 5) is 10.9. The van der Waals surface area contributed by atoms with Gasteiger partial charge in [-0.15, -0.1) is 0 Å². The quantitative estimate of drug-likeness (QED) is 0.505. The van der Waals surface area contributed by atoms with Crippen molar-refractivity contribution in [3.63, 3.8) is 0 Å². The molecular weight excluding hydrogens is 196 g/mol.